The number of hydrogen-bond donors (Lipinski definition) is 1. The normalized spacial score (nSPS) is 14.8. The molecule has 0 aliphatic heterocycles. The molecule has 2 heteroatoms. The lowest BCUT2D eigenvalue weighted by atomic mass is 10.2. The van der Waals surface area contributed by atoms with E-state index >= 15 is 0 Å². The summed E-state index contributed by atoms with van der Waals surface area (Å²) in [5.74, 6) is 0.438. The van der Waals surface area contributed by atoms with Gasteiger partial charge in [-0.1, -0.05) is 17.7 Å². The molecule has 0 aromatic heterocycles. The molecule has 0 aliphatic carbocycles. The van der Waals surface area contributed by atoms with Gasteiger partial charge in [0.15, 0.2) is 5.88 Å². The monoisotopic (exact) mass is 167 g/mol. The third kappa shape index (κ3) is 4.61. The van der Waals surface area contributed by atoms with Gasteiger partial charge in [-0.2, -0.15) is 0 Å². The molecular formula is C10H17NO. The minimum absolute atomic E-state index is 0.438. The van der Waals surface area contributed by atoms with Crippen LogP contribution in [0.25, 0.3) is 0 Å². The number of ether oxygens (including phenoxy) is 1. The van der Waals surface area contributed by atoms with Crippen molar-refractivity contribution in [3.63, 3.8) is 0 Å². The van der Waals surface area contributed by atoms with E-state index in [2.05, 4.69) is 0 Å². The van der Waals surface area contributed by atoms with Gasteiger partial charge in [0.25, 0.3) is 0 Å². The molecule has 12 heavy (non-hydrogen) atoms. The van der Waals surface area contributed by atoms with Crippen LogP contribution in [0, 0.1) is 0 Å². The van der Waals surface area contributed by atoms with Gasteiger partial charge < -0.3 is 10.5 Å². The van der Waals surface area contributed by atoms with Crippen molar-refractivity contribution in [2.24, 2.45) is 5.73 Å². The lowest BCUT2D eigenvalue weighted by Gasteiger charge is -1.98. The van der Waals surface area contributed by atoms with Crippen molar-refractivity contribution in [1.82, 2.24) is 0 Å². The van der Waals surface area contributed by atoms with Crippen LogP contribution in [-0.2, 0) is 4.74 Å². The van der Waals surface area contributed by atoms with Crippen LogP contribution in [0.3, 0.4) is 0 Å². The van der Waals surface area contributed by atoms with E-state index in [4.69, 9.17) is 10.5 Å². The Balaban J connectivity index is 4.40. The van der Waals surface area contributed by atoms with Gasteiger partial charge in [-0.3, -0.25) is 0 Å². The van der Waals surface area contributed by atoms with Gasteiger partial charge in [0.2, 0.25) is 0 Å². The van der Waals surface area contributed by atoms with E-state index in [1.165, 1.54) is 5.57 Å². The SMILES string of the molecule is C\C=C(C)/C=C(C)\C=C(/N)OC. The van der Waals surface area contributed by atoms with E-state index in [0.29, 0.717) is 5.88 Å². The summed E-state index contributed by atoms with van der Waals surface area (Å²) < 4.78 is 4.81. The summed E-state index contributed by atoms with van der Waals surface area (Å²) in [6.07, 6.45) is 5.89. The molecule has 0 fully saturated rings. The van der Waals surface area contributed by atoms with Crippen LogP contribution < -0.4 is 5.73 Å². The van der Waals surface area contributed by atoms with Crippen molar-refractivity contribution in [2.45, 2.75) is 20.8 Å². The number of hydrogen-bond acceptors (Lipinski definition) is 2. The van der Waals surface area contributed by atoms with E-state index in [-0.39, 0.29) is 0 Å². The predicted molar refractivity (Wildman–Crippen MR) is 52.5 cm³/mol. The summed E-state index contributed by atoms with van der Waals surface area (Å²) in [6.45, 7) is 6.03. The molecule has 68 valence electrons. The zero-order valence-electron chi connectivity index (χ0n) is 8.22. The molecule has 0 saturated heterocycles. The third-order valence-corrected chi connectivity index (χ3v) is 1.52. The van der Waals surface area contributed by atoms with Gasteiger partial charge >= 0.3 is 0 Å². The number of rotatable bonds is 3. The van der Waals surface area contributed by atoms with Crippen molar-refractivity contribution in [1.29, 1.82) is 0 Å². The van der Waals surface area contributed by atoms with Gasteiger partial charge in [0, 0.05) is 6.08 Å². The van der Waals surface area contributed by atoms with Gasteiger partial charge in [0.05, 0.1) is 7.11 Å². The van der Waals surface area contributed by atoms with Crippen molar-refractivity contribution >= 4 is 0 Å². The molecule has 2 nitrogen and oxygen atoms in total. The maximum Gasteiger partial charge on any atom is 0.183 e. The van der Waals surface area contributed by atoms with Crippen LogP contribution in [0.1, 0.15) is 20.8 Å². The Kier molecular flexibility index (Phi) is 4.93. The molecule has 0 atom stereocenters. The van der Waals surface area contributed by atoms with Crippen LogP contribution in [0.15, 0.2) is 35.3 Å². The number of allylic oxidation sites excluding steroid dienone is 5. The maximum atomic E-state index is 5.47. The molecule has 0 unspecified atom stereocenters. The van der Waals surface area contributed by atoms with Crippen molar-refractivity contribution in [2.75, 3.05) is 7.11 Å². The number of nitrogens with two attached hydrogens (primary N) is 1. The lowest BCUT2D eigenvalue weighted by molar-refractivity contribution is 0.287. The van der Waals surface area contributed by atoms with Gasteiger partial charge in [-0.05, 0) is 26.3 Å². The Bertz CT molecular complexity index is 224. The van der Waals surface area contributed by atoms with E-state index in [9.17, 15) is 0 Å². The van der Waals surface area contributed by atoms with Crippen LogP contribution in [-0.4, -0.2) is 7.11 Å². The van der Waals surface area contributed by atoms with Gasteiger partial charge in [0.1, 0.15) is 0 Å². The Morgan fingerprint density at radius 1 is 1.17 bits per heavy atom. The van der Waals surface area contributed by atoms with Crippen LogP contribution in [0.4, 0.5) is 0 Å². The average Bonchev–Trinajstić information content (AvgIpc) is 2.03. The van der Waals surface area contributed by atoms with Gasteiger partial charge in [-0.15, -0.1) is 0 Å². The quantitative estimate of drug-likeness (QED) is 0.517. The highest BCUT2D eigenvalue weighted by molar-refractivity contribution is 5.27. The Morgan fingerprint density at radius 3 is 2.17 bits per heavy atom. The number of methoxy groups -OCH3 is 1. The first-order valence-electron chi connectivity index (χ1n) is 3.92. The summed E-state index contributed by atoms with van der Waals surface area (Å²) in [4.78, 5) is 0. The zero-order chi connectivity index (χ0) is 9.56. The lowest BCUT2D eigenvalue weighted by Crippen LogP contribution is -1.98. The van der Waals surface area contributed by atoms with E-state index in [0.717, 1.165) is 5.57 Å². The second kappa shape index (κ2) is 5.47. The fraction of sp³-hybridized carbons (Fsp3) is 0.400. The highest BCUT2D eigenvalue weighted by Gasteiger charge is 1.88. The van der Waals surface area contributed by atoms with E-state index < -0.39 is 0 Å². The molecule has 0 heterocycles. The molecule has 0 saturated carbocycles. The third-order valence-electron chi connectivity index (χ3n) is 1.52. The second-order valence-corrected chi connectivity index (χ2v) is 2.67. The standard InChI is InChI=1S/C10H17NO/c1-5-8(2)6-9(3)7-10(11)12-4/h5-7H,11H2,1-4H3/b8-5-,9-6-,10-7+. The summed E-state index contributed by atoms with van der Waals surface area (Å²) in [5, 5.41) is 0. The van der Waals surface area contributed by atoms with Crippen molar-refractivity contribution in [3.05, 3.63) is 35.3 Å². The molecule has 0 radical (unpaired) electrons. The van der Waals surface area contributed by atoms with Crippen LogP contribution in [0.5, 0.6) is 0 Å². The molecule has 0 aromatic rings. The second-order valence-electron chi connectivity index (χ2n) is 2.67. The highest BCUT2D eigenvalue weighted by atomic mass is 16.5. The van der Waals surface area contributed by atoms with Gasteiger partial charge in [-0.25, -0.2) is 0 Å². The van der Waals surface area contributed by atoms with E-state index in [1.54, 1.807) is 13.2 Å². The van der Waals surface area contributed by atoms with Crippen molar-refractivity contribution in [3.8, 4) is 0 Å². The van der Waals surface area contributed by atoms with E-state index in [1.807, 2.05) is 32.9 Å². The Labute approximate surface area is 74.4 Å². The maximum absolute atomic E-state index is 5.47. The fourth-order valence-corrected chi connectivity index (χ4v) is 0.767. The Morgan fingerprint density at radius 2 is 1.75 bits per heavy atom. The van der Waals surface area contributed by atoms with Crippen LogP contribution in [0.2, 0.25) is 0 Å². The van der Waals surface area contributed by atoms with Crippen LogP contribution >= 0.6 is 0 Å². The smallest absolute Gasteiger partial charge is 0.183 e. The zero-order valence-corrected chi connectivity index (χ0v) is 8.22. The average molecular weight is 167 g/mol. The topological polar surface area (TPSA) is 35.2 Å². The molecule has 0 aromatic carbocycles. The summed E-state index contributed by atoms with van der Waals surface area (Å²) >= 11 is 0. The minimum Gasteiger partial charge on any atom is -0.483 e. The molecule has 0 rings (SSSR count). The molecule has 0 amide bonds. The molecule has 2 N–H and O–H groups in total. The summed E-state index contributed by atoms with van der Waals surface area (Å²) in [5.41, 5.74) is 7.77. The fourth-order valence-electron chi connectivity index (χ4n) is 0.767. The largest absolute Gasteiger partial charge is 0.483 e. The highest BCUT2D eigenvalue weighted by Crippen LogP contribution is 2.03. The van der Waals surface area contributed by atoms with Crippen molar-refractivity contribution < 1.29 is 4.74 Å². The molecule has 0 aliphatic rings. The summed E-state index contributed by atoms with van der Waals surface area (Å²) in [6, 6.07) is 0. The molecule has 0 bridgehead atoms. The predicted octanol–water partition coefficient (Wildman–Crippen LogP) is 2.35. The first kappa shape index (κ1) is 10.8. The first-order valence-corrected chi connectivity index (χ1v) is 3.92. The summed E-state index contributed by atoms with van der Waals surface area (Å²) in [7, 11) is 1.56. The Hall–Kier alpha value is -1.18. The molecule has 0 spiro atoms. The first-order chi connectivity index (χ1) is 5.60. The molecular weight excluding hydrogens is 150 g/mol. The minimum atomic E-state index is 0.438.